The molecular formula is C48H31NO. The molecule has 0 aliphatic carbocycles. The summed E-state index contributed by atoms with van der Waals surface area (Å²) >= 11 is 0. The van der Waals surface area contributed by atoms with Crippen molar-refractivity contribution in [1.29, 1.82) is 0 Å². The summed E-state index contributed by atoms with van der Waals surface area (Å²) in [6, 6.07) is 40.5. The van der Waals surface area contributed by atoms with Gasteiger partial charge in [-0.05, 0) is 97.6 Å². The van der Waals surface area contributed by atoms with Gasteiger partial charge >= 0.3 is 0 Å². The normalized spacial score (nSPS) is 13.8. The molecule has 0 saturated carbocycles. The SMILES string of the molecule is [2H]c1c([2H])c(-c2cccc3ccccc23)c([2H])c(N(c2c([2H])c([2H])c(-c3ccc4ccccc4c3)c([2H])c2[2H])c2cccc3oc4c5ccccc5ccc4c23)c1[2H]. The minimum absolute atomic E-state index is 0.107. The summed E-state index contributed by atoms with van der Waals surface area (Å²) in [4.78, 5) is 1.41. The van der Waals surface area contributed by atoms with E-state index >= 15 is 0 Å². The Hall–Kier alpha value is -6.64. The molecule has 0 aliphatic heterocycles. The third kappa shape index (κ3) is 4.65. The van der Waals surface area contributed by atoms with Crippen LogP contribution in [0, 0.1) is 0 Å². The molecule has 0 radical (unpaired) electrons. The molecule has 10 aromatic rings. The summed E-state index contributed by atoms with van der Waals surface area (Å²) < 4.78 is 82.5. The van der Waals surface area contributed by atoms with Crippen LogP contribution in [0.15, 0.2) is 192 Å². The fourth-order valence-electron chi connectivity index (χ4n) is 7.00. The van der Waals surface area contributed by atoms with Crippen molar-refractivity contribution in [1.82, 2.24) is 0 Å². The predicted molar refractivity (Wildman–Crippen MR) is 212 cm³/mol. The molecule has 0 saturated heterocycles. The van der Waals surface area contributed by atoms with E-state index in [1.807, 2.05) is 109 Å². The minimum atomic E-state index is -0.468. The number of nitrogens with zero attached hydrogens (tertiary/aromatic N) is 1. The highest BCUT2D eigenvalue weighted by atomic mass is 16.3. The summed E-state index contributed by atoms with van der Waals surface area (Å²) in [5.74, 6) is 0. The summed E-state index contributed by atoms with van der Waals surface area (Å²) in [5.41, 5.74) is 2.28. The van der Waals surface area contributed by atoms with Crippen molar-refractivity contribution in [2.75, 3.05) is 4.90 Å². The molecule has 0 atom stereocenters. The van der Waals surface area contributed by atoms with Gasteiger partial charge in [0.1, 0.15) is 11.2 Å². The lowest BCUT2D eigenvalue weighted by Crippen LogP contribution is -2.10. The molecule has 1 aromatic heterocycles. The Balaban J connectivity index is 1.33. The first-order chi connectivity index (χ1) is 28.1. The van der Waals surface area contributed by atoms with Crippen molar-refractivity contribution in [3.63, 3.8) is 0 Å². The number of furan rings is 1. The quantitative estimate of drug-likeness (QED) is 0.185. The lowest BCUT2D eigenvalue weighted by Gasteiger charge is -2.27. The van der Waals surface area contributed by atoms with Crippen molar-refractivity contribution in [2.45, 2.75) is 0 Å². The third-order valence-corrected chi connectivity index (χ3v) is 9.37. The fraction of sp³-hybridized carbons (Fsp3) is 0. The summed E-state index contributed by atoms with van der Waals surface area (Å²) in [6.45, 7) is 0. The van der Waals surface area contributed by atoms with Crippen LogP contribution in [0.2, 0.25) is 0 Å². The molecule has 1 heterocycles. The van der Waals surface area contributed by atoms with Gasteiger partial charge in [-0.1, -0.05) is 139 Å². The standard InChI is InChI=1S/C48H31NO/c1-2-13-36-30-37(23-22-32(36)10-1)33-24-27-39(28-25-33)49(40-16-7-15-38(31-40)42-19-8-14-34-11-3-5-17-41(34)42)45-20-9-21-46-47(45)44-29-26-35-12-4-6-18-43(35)48(44)50-46/h1-31H/i7D,15D,16D,24D,25D,27D,28D,31D. The van der Waals surface area contributed by atoms with E-state index in [1.54, 1.807) is 30.3 Å². The smallest absolute Gasteiger partial charge is 0.143 e. The molecule has 2 nitrogen and oxygen atoms in total. The molecule has 10 rings (SSSR count). The van der Waals surface area contributed by atoms with Gasteiger partial charge in [-0.25, -0.2) is 0 Å². The van der Waals surface area contributed by atoms with Gasteiger partial charge in [-0.3, -0.25) is 0 Å². The van der Waals surface area contributed by atoms with Crippen molar-refractivity contribution in [3.05, 3.63) is 188 Å². The molecule has 0 amide bonds. The number of rotatable bonds is 5. The van der Waals surface area contributed by atoms with Crippen molar-refractivity contribution >= 4 is 71.3 Å². The van der Waals surface area contributed by atoms with Crippen molar-refractivity contribution in [2.24, 2.45) is 0 Å². The van der Waals surface area contributed by atoms with Crippen molar-refractivity contribution in [3.8, 4) is 22.3 Å². The van der Waals surface area contributed by atoms with Crippen LogP contribution in [0.3, 0.4) is 0 Å². The molecule has 2 heteroatoms. The first-order valence-electron chi connectivity index (χ1n) is 20.4. The van der Waals surface area contributed by atoms with Crippen LogP contribution in [0.1, 0.15) is 11.0 Å². The van der Waals surface area contributed by atoms with Gasteiger partial charge in [0.05, 0.1) is 22.0 Å². The van der Waals surface area contributed by atoms with Crippen LogP contribution in [0.5, 0.6) is 0 Å². The van der Waals surface area contributed by atoms with E-state index in [9.17, 15) is 9.60 Å². The molecule has 0 unspecified atom stereocenters. The highest BCUT2D eigenvalue weighted by Gasteiger charge is 2.21. The topological polar surface area (TPSA) is 16.4 Å². The summed E-state index contributed by atoms with van der Waals surface area (Å²) in [7, 11) is 0. The lowest BCUT2D eigenvalue weighted by molar-refractivity contribution is 0.672. The van der Waals surface area contributed by atoms with E-state index in [0.29, 0.717) is 38.8 Å². The largest absolute Gasteiger partial charge is 0.455 e. The fourth-order valence-corrected chi connectivity index (χ4v) is 7.00. The van der Waals surface area contributed by atoms with E-state index in [0.717, 1.165) is 32.3 Å². The average molecular weight is 646 g/mol. The van der Waals surface area contributed by atoms with Crippen LogP contribution in [-0.4, -0.2) is 0 Å². The Morgan fingerprint density at radius 1 is 0.460 bits per heavy atom. The Morgan fingerprint density at radius 3 is 2.02 bits per heavy atom. The molecule has 50 heavy (non-hydrogen) atoms. The van der Waals surface area contributed by atoms with E-state index in [2.05, 4.69) is 0 Å². The average Bonchev–Trinajstić information content (AvgIpc) is 3.64. The van der Waals surface area contributed by atoms with Crippen LogP contribution in [0.4, 0.5) is 17.1 Å². The maximum atomic E-state index is 9.91. The highest BCUT2D eigenvalue weighted by molar-refractivity contribution is 6.19. The number of benzene rings is 9. The second-order valence-corrected chi connectivity index (χ2v) is 12.3. The molecule has 234 valence electrons. The predicted octanol–water partition coefficient (Wildman–Crippen LogP) is 13.8. The Morgan fingerprint density at radius 2 is 1.16 bits per heavy atom. The van der Waals surface area contributed by atoms with E-state index < -0.39 is 24.2 Å². The molecule has 0 fully saturated rings. The molecule has 0 bridgehead atoms. The van der Waals surface area contributed by atoms with Gasteiger partial charge in [0.2, 0.25) is 0 Å². The van der Waals surface area contributed by atoms with E-state index in [-0.39, 0.29) is 46.7 Å². The number of fused-ring (bicyclic) bond motifs is 7. The minimum Gasteiger partial charge on any atom is -0.455 e. The van der Waals surface area contributed by atoms with Crippen molar-refractivity contribution < 1.29 is 15.4 Å². The van der Waals surface area contributed by atoms with Gasteiger partial charge in [0.15, 0.2) is 0 Å². The number of hydrogen-bond acceptors (Lipinski definition) is 2. The lowest BCUT2D eigenvalue weighted by atomic mass is 9.97. The second kappa shape index (κ2) is 11.5. The monoisotopic (exact) mass is 645 g/mol. The van der Waals surface area contributed by atoms with Gasteiger partial charge in [-0.15, -0.1) is 0 Å². The molecule has 0 N–H and O–H groups in total. The molecular weight excluding hydrogens is 607 g/mol. The van der Waals surface area contributed by atoms with Gasteiger partial charge in [0.25, 0.3) is 0 Å². The zero-order valence-corrected chi connectivity index (χ0v) is 26.6. The van der Waals surface area contributed by atoms with Gasteiger partial charge in [-0.2, -0.15) is 0 Å². The Labute approximate surface area is 301 Å². The number of anilines is 3. The summed E-state index contributed by atoms with van der Waals surface area (Å²) in [6.07, 6.45) is 0. The molecule has 0 spiro atoms. The van der Waals surface area contributed by atoms with Crippen LogP contribution in [0.25, 0.3) is 76.5 Å². The highest BCUT2D eigenvalue weighted by Crippen LogP contribution is 2.45. The second-order valence-electron chi connectivity index (χ2n) is 12.3. The van der Waals surface area contributed by atoms with Crippen LogP contribution >= 0.6 is 0 Å². The Bertz CT molecular complexity index is 3320. The van der Waals surface area contributed by atoms with Crippen LogP contribution < -0.4 is 4.90 Å². The van der Waals surface area contributed by atoms with E-state index in [1.165, 1.54) is 4.90 Å². The maximum absolute atomic E-state index is 9.91. The maximum Gasteiger partial charge on any atom is 0.143 e. The van der Waals surface area contributed by atoms with E-state index in [4.69, 9.17) is 5.79 Å². The first-order valence-corrected chi connectivity index (χ1v) is 16.4. The van der Waals surface area contributed by atoms with Gasteiger partial charge in [0, 0.05) is 22.1 Å². The zero-order chi connectivity index (χ0) is 40.0. The van der Waals surface area contributed by atoms with Gasteiger partial charge < -0.3 is 9.32 Å². The zero-order valence-electron chi connectivity index (χ0n) is 34.6. The first kappa shape index (κ1) is 21.4. The van der Waals surface area contributed by atoms with Crippen LogP contribution in [-0.2, 0) is 0 Å². The molecule has 0 aliphatic rings. The number of hydrogen-bond donors (Lipinski definition) is 0. The molecule has 9 aromatic carbocycles. The summed E-state index contributed by atoms with van der Waals surface area (Å²) in [5, 5.41) is 6.55. The third-order valence-electron chi connectivity index (χ3n) is 9.37. The Kier molecular flexibility index (Phi) is 4.91.